The van der Waals surface area contributed by atoms with Gasteiger partial charge in [-0.15, -0.1) is 0 Å². The van der Waals surface area contributed by atoms with Crippen LogP contribution in [-0.4, -0.2) is 26.0 Å². The lowest BCUT2D eigenvalue weighted by Gasteiger charge is -2.23. The molecule has 1 aliphatic rings. The first-order valence-corrected chi connectivity index (χ1v) is 5.52. The van der Waals surface area contributed by atoms with Gasteiger partial charge in [0.05, 0.1) is 23.4 Å². The minimum Gasteiger partial charge on any atom is -0.381 e. The zero-order valence-corrected chi connectivity index (χ0v) is 9.47. The molecule has 0 bridgehead atoms. The molecule has 1 saturated heterocycles. The second-order valence-corrected chi connectivity index (χ2v) is 4.02. The van der Waals surface area contributed by atoms with E-state index in [0.29, 0.717) is 25.0 Å². The molecule has 0 radical (unpaired) electrons. The third-order valence-corrected chi connectivity index (χ3v) is 2.74. The normalized spacial score (nSPS) is 20.8. The van der Waals surface area contributed by atoms with Crippen molar-refractivity contribution >= 4 is 17.3 Å². The van der Waals surface area contributed by atoms with Crippen molar-refractivity contribution in [3.05, 3.63) is 29.0 Å². The molecule has 1 heterocycles. The Labute approximate surface area is 98.5 Å². The first kappa shape index (κ1) is 11.6. The Bertz CT molecular complexity index is 356. The molecule has 1 unspecified atom stereocenters. The van der Waals surface area contributed by atoms with Crippen LogP contribution < -0.4 is 5.32 Å². The van der Waals surface area contributed by atoms with Crippen molar-refractivity contribution in [2.24, 2.45) is 0 Å². The highest BCUT2D eigenvalue weighted by Gasteiger charge is 2.14. The van der Waals surface area contributed by atoms with Crippen LogP contribution in [0.2, 0.25) is 5.02 Å². The van der Waals surface area contributed by atoms with Crippen molar-refractivity contribution in [1.82, 2.24) is 0 Å². The highest BCUT2D eigenvalue weighted by molar-refractivity contribution is 6.33. The van der Waals surface area contributed by atoms with E-state index in [0.717, 1.165) is 12.1 Å². The number of halogens is 2. The van der Waals surface area contributed by atoms with Crippen molar-refractivity contribution in [3.63, 3.8) is 0 Å². The molecular weight excluding hydrogens is 233 g/mol. The number of anilines is 1. The summed E-state index contributed by atoms with van der Waals surface area (Å²) in [6.07, 6.45) is 0.973. The van der Waals surface area contributed by atoms with Gasteiger partial charge in [0.1, 0.15) is 12.6 Å². The van der Waals surface area contributed by atoms with Gasteiger partial charge in [-0.3, -0.25) is 0 Å². The van der Waals surface area contributed by atoms with E-state index in [1.165, 1.54) is 12.1 Å². The molecule has 1 fully saturated rings. The second-order valence-electron chi connectivity index (χ2n) is 3.61. The summed E-state index contributed by atoms with van der Waals surface area (Å²) in [6.45, 7) is 1.70. The third-order valence-electron chi connectivity index (χ3n) is 2.42. The zero-order chi connectivity index (χ0) is 11.4. The summed E-state index contributed by atoms with van der Waals surface area (Å²) in [5, 5.41) is 3.51. The fraction of sp³-hybridized carbons (Fsp3) is 0.455. The summed E-state index contributed by atoms with van der Waals surface area (Å²) in [6, 6.07) is 4.28. The maximum atomic E-state index is 12.8. The minimum absolute atomic E-state index is 0.120. The smallest absolute Gasteiger partial charge is 0.147 e. The highest BCUT2D eigenvalue weighted by atomic mass is 35.5. The molecule has 0 aromatic heterocycles. The van der Waals surface area contributed by atoms with Gasteiger partial charge in [0.15, 0.2) is 0 Å². The van der Waals surface area contributed by atoms with E-state index in [-0.39, 0.29) is 11.9 Å². The van der Waals surface area contributed by atoms with Gasteiger partial charge in [-0.25, -0.2) is 4.39 Å². The average Bonchev–Trinajstić information content (AvgIpc) is 2.29. The van der Waals surface area contributed by atoms with Gasteiger partial charge in [-0.2, -0.15) is 0 Å². The fourth-order valence-electron chi connectivity index (χ4n) is 1.52. The van der Waals surface area contributed by atoms with Crippen LogP contribution in [0.5, 0.6) is 0 Å². The largest absolute Gasteiger partial charge is 0.381 e. The Morgan fingerprint density at radius 2 is 2.38 bits per heavy atom. The van der Waals surface area contributed by atoms with Crippen molar-refractivity contribution in [2.45, 2.75) is 12.5 Å². The molecule has 1 aliphatic heterocycles. The van der Waals surface area contributed by atoms with Crippen LogP contribution in [0, 0.1) is 5.82 Å². The summed E-state index contributed by atoms with van der Waals surface area (Å²) < 4.78 is 23.2. The minimum atomic E-state index is -0.335. The molecule has 0 spiro atoms. The lowest BCUT2D eigenvalue weighted by atomic mass is 10.2. The zero-order valence-electron chi connectivity index (χ0n) is 8.71. The SMILES string of the molecule is Fc1ccc(NCC2CCOCO2)c(Cl)c1. The molecule has 16 heavy (non-hydrogen) atoms. The Balaban J connectivity index is 1.88. The first-order chi connectivity index (χ1) is 7.75. The van der Waals surface area contributed by atoms with Crippen LogP contribution in [0.4, 0.5) is 10.1 Å². The molecule has 88 valence electrons. The molecule has 1 aromatic rings. The number of nitrogens with one attached hydrogen (secondary N) is 1. The first-order valence-electron chi connectivity index (χ1n) is 5.14. The Hall–Kier alpha value is -0.840. The fourth-order valence-corrected chi connectivity index (χ4v) is 1.75. The average molecular weight is 246 g/mol. The Morgan fingerprint density at radius 3 is 3.06 bits per heavy atom. The second kappa shape index (κ2) is 5.48. The number of ether oxygens (including phenoxy) is 2. The molecule has 1 aromatic carbocycles. The van der Waals surface area contributed by atoms with E-state index in [2.05, 4.69) is 5.32 Å². The summed E-state index contributed by atoms with van der Waals surface area (Å²) in [4.78, 5) is 0. The maximum Gasteiger partial charge on any atom is 0.147 e. The van der Waals surface area contributed by atoms with Crippen LogP contribution >= 0.6 is 11.6 Å². The van der Waals surface area contributed by atoms with Crippen LogP contribution in [0.3, 0.4) is 0 Å². The van der Waals surface area contributed by atoms with Gasteiger partial charge in [0.2, 0.25) is 0 Å². The van der Waals surface area contributed by atoms with E-state index < -0.39 is 0 Å². The quantitative estimate of drug-likeness (QED) is 0.888. The molecule has 1 atom stereocenters. The predicted molar refractivity (Wildman–Crippen MR) is 60.2 cm³/mol. The monoisotopic (exact) mass is 245 g/mol. The lowest BCUT2D eigenvalue weighted by Crippen LogP contribution is -2.30. The van der Waals surface area contributed by atoms with E-state index in [1.54, 1.807) is 6.07 Å². The van der Waals surface area contributed by atoms with Crippen molar-refractivity contribution < 1.29 is 13.9 Å². The van der Waals surface area contributed by atoms with Gasteiger partial charge in [-0.05, 0) is 24.6 Å². The van der Waals surface area contributed by atoms with Crippen molar-refractivity contribution in [3.8, 4) is 0 Å². The number of rotatable bonds is 3. The van der Waals surface area contributed by atoms with E-state index in [9.17, 15) is 4.39 Å². The van der Waals surface area contributed by atoms with E-state index in [1.807, 2.05) is 0 Å². The van der Waals surface area contributed by atoms with Gasteiger partial charge < -0.3 is 14.8 Å². The molecule has 0 amide bonds. The lowest BCUT2D eigenvalue weighted by molar-refractivity contribution is -0.133. The van der Waals surface area contributed by atoms with E-state index in [4.69, 9.17) is 21.1 Å². The molecule has 0 saturated carbocycles. The van der Waals surface area contributed by atoms with Crippen LogP contribution in [0.25, 0.3) is 0 Å². The Morgan fingerprint density at radius 1 is 1.50 bits per heavy atom. The number of hydrogen-bond acceptors (Lipinski definition) is 3. The molecule has 3 nitrogen and oxygen atoms in total. The maximum absolute atomic E-state index is 12.8. The van der Waals surface area contributed by atoms with Crippen LogP contribution in [0.15, 0.2) is 18.2 Å². The van der Waals surface area contributed by atoms with Gasteiger partial charge in [0, 0.05) is 6.54 Å². The van der Waals surface area contributed by atoms with Gasteiger partial charge >= 0.3 is 0 Å². The molecular formula is C11H13ClFNO2. The summed E-state index contributed by atoms with van der Waals surface area (Å²) in [5.41, 5.74) is 0.721. The number of benzene rings is 1. The summed E-state index contributed by atoms with van der Waals surface area (Å²) >= 11 is 5.88. The number of hydrogen-bond donors (Lipinski definition) is 1. The highest BCUT2D eigenvalue weighted by Crippen LogP contribution is 2.22. The Kier molecular flexibility index (Phi) is 3.98. The van der Waals surface area contributed by atoms with Gasteiger partial charge in [0.25, 0.3) is 0 Å². The molecule has 1 N–H and O–H groups in total. The van der Waals surface area contributed by atoms with Crippen LogP contribution in [0.1, 0.15) is 6.42 Å². The molecule has 5 heteroatoms. The summed E-state index contributed by atoms with van der Waals surface area (Å²) in [5.74, 6) is -0.335. The molecule has 0 aliphatic carbocycles. The topological polar surface area (TPSA) is 30.5 Å². The standard InChI is InChI=1S/C11H13ClFNO2/c12-10-5-8(13)1-2-11(10)14-6-9-3-4-15-7-16-9/h1-2,5,9,14H,3-4,6-7H2. The predicted octanol–water partition coefficient (Wildman–Crippen LogP) is 2.65. The van der Waals surface area contributed by atoms with E-state index >= 15 is 0 Å². The third kappa shape index (κ3) is 3.07. The molecule has 2 rings (SSSR count). The van der Waals surface area contributed by atoms with Crippen molar-refractivity contribution in [1.29, 1.82) is 0 Å². The van der Waals surface area contributed by atoms with Crippen LogP contribution in [-0.2, 0) is 9.47 Å². The van der Waals surface area contributed by atoms with Gasteiger partial charge in [-0.1, -0.05) is 11.6 Å². The van der Waals surface area contributed by atoms with Crippen molar-refractivity contribution in [2.75, 3.05) is 25.3 Å². The summed E-state index contributed by atoms with van der Waals surface area (Å²) in [7, 11) is 0.